The molecule has 29 heavy (non-hydrogen) atoms. The number of aromatic nitrogens is 1. The Labute approximate surface area is 173 Å². The van der Waals surface area contributed by atoms with E-state index in [1.807, 2.05) is 24.3 Å². The number of aliphatic hydroxyl groups is 2. The van der Waals surface area contributed by atoms with Gasteiger partial charge in [-0.05, 0) is 80.3 Å². The van der Waals surface area contributed by atoms with Gasteiger partial charge in [-0.25, -0.2) is 0 Å². The summed E-state index contributed by atoms with van der Waals surface area (Å²) in [4.78, 5) is 4.31. The normalized spacial score (nSPS) is 30.5. The fraction of sp³-hybridized carbons (Fsp3) is 0.480. The van der Waals surface area contributed by atoms with Crippen molar-refractivity contribution < 1.29 is 14.9 Å². The van der Waals surface area contributed by atoms with Crippen LogP contribution in [0.5, 0.6) is 5.75 Å². The first-order valence-electron chi connectivity index (χ1n) is 10.5. The molecule has 0 saturated heterocycles. The summed E-state index contributed by atoms with van der Waals surface area (Å²) in [5.74, 6) is 6.85. The average molecular weight is 392 g/mol. The van der Waals surface area contributed by atoms with E-state index in [-0.39, 0.29) is 5.41 Å². The summed E-state index contributed by atoms with van der Waals surface area (Å²) in [5, 5.41) is 21.7. The van der Waals surface area contributed by atoms with Gasteiger partial charge in [-0.2, -0.15) is 0 Å². The largest absolute Gasteiger partial charge is 0.487 e. The van der Waals surface area contributed by atoms with E-state index in [9.17, 15) is 10.2 Å². The number of aliphatic hydroxyl groups excluding tert-OH is 1. The topological polar surface area (TPSA) is 62.6 Å². The van der Waals surface area contributed by atoms with Gasteiger partial charge in [0.15, 0.2) is 5.60 Å². The lowest BCUT2D eigenvalue weighted by atomic mass is 9.52. The quantitative estimate of drug-likeness (QED) is 0.779. The molecule has 2 aliphatic rings. The van der Waals surface area contributed by atoms with E-state index in [4.69, 9.17) is 4.74 Å². The molecule has 152 valence electrons. The minimum Gasteiger partial charge on any atom is -0.487 e. The number of pyridine rings is 1. The lowest BCUT2D eigenvalue weighted by Gasteiger charge is -2.53. The molecule has 1 aromatic carbocycles. The van der Waals surface area contributed by atoms with Crippen molar-refractivity contribution >= 4 is 0 Å². The summed E-state index contributed by atoms with van der Waals surface area (Å²) in [7, 11) is 0. The number of fused-ring (bicyclic) bond motifs is 3. The molecule has 0 bridgehead atoms. The van der Waals surface area contributed by atoms with Crippen LogP contribution in [0.4, 0.5) is 0 Å². The van der Waals surface area contributed by atoms with E-state index in [0.29, 0.717) is 25.4 Å². The van der Waals surface area contributed by atoms with Crippen molar-refractivity contribution in [1.29, 1.82) is 0 Å². The van der Waals surface area contributed by atoms with Crippen LogP contribution in [-0.4, -0.2) is 26.9 Å². The van der Waals surface area contributed by atoms with Crippen LogP contribution in [0.15, 0.2) is 42.6 Å². The maximum atomic E-state index is 10.9. The molecule has 0 radical (unpaired) electrons. The molecule has 4 nitrogen and oxygen atoms in total. The van der Waals surface area contributed by atoms with Crippen LogP contribution >= 0.6 is 0 Å². The van der Waals surface area contributed by atoms with Crippen LogP contribution in [0.2, 0.25) is 0 Å². The van der Waals surface area contributed by atoms with Gasteiger partial charge in [0.25, 0.3) is 0 Å². The predicted octanol–water partition coefficient (Wildman–Crippen LogP) is 3.78. The molecule has 0 aliphatic heterocycles. The van der Waals surface area contributed by atoms with Crippen LogP contribution in [0, 0.1) is 17.8 Å². The summed E-state index contributed by atoms with van der Waals surface area (Å²) in [6, 6.07) is 12.2. The molecule has 2 N–H and O–H groups in total. The molecule has 1 fully saturated rings. The second-order valence-electron chi connectivity index (χ2n) is 8.40. The number of benzene rings is 1. The van der Waals surface area contributed by atoms with Gasteiger partial charge in [-0.1, -0.05) is 25.0 Å². The Kier molecular flexibility index (Phi) is 5.38. The highest BCUT2D eigenvalue weighted by atomic mass is 16.5. The van der Waals surface area contributed by atoms with E-state index in [2.05, 4.69) is 35.9 Å². The lowest BCUT2D eigenvalue weighted by Crippen LogP contribution is -2.57. The van der Waals surface area contributed by atoms with Gasteiger partial charge in [0.2, 0.25) is 0 Å². The SMILES string of the molecule is CC#CC1(O)CC2CCc3cc(OCc4ccccn4)ccc3C2(CC)CC1O. The Balaban J connectivity index is 1.60. The van der Waals surface area contributed by atoms with Gasteiger partial charge in [-0.3, -0.25) is 4.98 Å². The molecule has 2 aliphatic carbocycles. The van der Waals surface area contributed by atoms with Gasteiger partial charge in [0.1, 0.15) is 12.4 Å². The van der Waals surface area contributed by atoms with Crippen molar-refractivity contribution in [2.75, 3.05) is 0 Å². The van der Waals surface area contributed by atoms with Gasteiger partial charge in [0, 0.05) is 11.6 Å². The molecule has 1 saturated carbocycles. The average Bonchev–Trinajstić information content (AvgIpc) is 2.74. The molecule has 4 unspecified atom stereocenters. The Morgan fingerprint density at radius 1 is 1.24 bits per heavy atom. The van der Waals surface area contributed by atoms with Crippen molar-refractivity contribution in [3.05, 3.63) is 59.4 Å². The lowest BCUT2D eigenvalue weighted by molar-refractivity contribution is -0.106. The predicted molar refractivity (Wildman–Crippen MR) is 112 cm³/mol. The van der Waals surface area contributed by atoms with Crippen molar-refractivity contribution in [3.8, 4) is 17.6 Å². The monoisotopic (exact) mass is 391 g/mol. The van der Waals surface area contributed by atoms with E-state index >= 15 is 0 Å². The zero-order valence-electron chi connectivity index (χ0n) is 17.2. The Morgan fingerprint density at radius 3 is 2.83 bits per heavy atom. The van der Waals surface area contributed by atoms with E-state index in [1.165, 1.54) is 11.1 Å². The second-order valence-corrected chi connectivity index (χ2v) is 8.40. The Hall–Kier alpha value is -2.35. The highest BCUT2D eigenvalue weighted by Gasteiger charge is 2.54. The molecule has 0 spiro atoms. The zero-order valence-corrected chi connectivity index (χ0v) is 17.2. The second kappa shape index (κ2) is 7.82. The van der Waals surface area contributed by atoms with E-state index in [1.54, 1.807) is 13.1 Å². The third-order valence-electron chi connectivity index (χ3n) is 6.91. The number of hydrogen-bond acceptors (Lipinski definition) is 4. The molecular formula is C25H29NO3. The molecule has 4 heteroatoms. The van der Waals surface area contributed by atoms with Crippen LogP contribution in [-0.2, 0) is 18.4 Å². The summed E-state index contributed by atoms with van der Waals surface area (Å²) in [5.41, 5.74) is 2.09. The maximum Gasteiger partial charge on any atom is 0.151 e. The fourth-order valence-corrected chi connectivity index (χ4v) is 5.39. The number of aryl methyl sites for hydroxylation is 1. The fourth-order valence-electron chi connectivity index (χ4n) is 5.39. The molecular weight excluding hydrogens is 362 g/mol. The maximum absolute atomic E-state index is 10.9. The summed E-state index contributed by atoms with van der Waals surface area (Å²) in [6.45, 7) is 4.35. The first-order valence-corrected chi connectivity index (χ1v) is 10.5. The van der Waals surface area contributed by atoms with Crippen molar-refractivity contribution in [1.82, 2.24) is 4.98 Å². The standard InChI is InChI=1S/C25H29NO3/c1-3-12-25(28)15-19-9-8-18-14-21(29-17-20-7-5-6-13-26-20)10-11-22(18)24(19,4-2)16-23(25)27/h5-7,10-11,13-14,19,23,27-28H,4,8-9,15-17H2,1-2H3. The van der Waals surface area contributed by atoms with Gasteiger partial charge in [0.05, 0.1) is 11.8 Å². The number of ether oxygens (including phenoxy) is 1. The molecule has 2 aromatic rings. The van der Waals surface area contributed by atoms with Crippen molar-refractivity contribution in [2.45, 2.75) is 69.7 Å². The van der Waals surface area contributed by atoms with Gasteiger partial charge < -0.3 is 14.9 Å². The number of nitrogens with zero attached hydrogens (tertiary/aromatic N) is 1. The minimum absolute atomic E-state index is 0.117. The molecule has 0 amide bonds. The van der Waals surface area contributed by atoms with Crippen molar-refractivity contribution in [2.24, 2.45) is 5.92 Å². The summed E-state index contributed by atoms with van der Waals surface area (Å²) in [6.07, 6.45) is 4.89. The smallest absolute Gasteiger partial charge is 0.151 e. The third kappa shape index (κ3) is 3.54. The number of hydrogen-bond donors (Lipinski definition) is 2. The van der Waals surface area contributed by atoms with Gasteiger partial charge in [-0.15, -0.1) is 5.92 Å². The Bertz CT molecular complexity index is 932. The van der Waals surface area contributed by atoms with Crippen molar-refractivity contribution in [3.63, 3.8) is 0 Å². The van der Waals surface area contributed by atoms with Crippen LogP contribution in [0.1, 0.15) is 56.4 Å². The Morgan fingerprint density at radius 2 is 2.10 bits per heavy atom. The van der Waals surface area contributed by atoms with Crippen LogP contribution < -0.4 is 4.74 Å². The number of rotatable bonds is 4. The van der Waals surface area contributed by atoms with E-state index in [0.717, 1.165) is 30.7 Å². The van der Waals surface area contributed by atoms with E-state index < -0.39 is 11.7 Å². The van der Waals surface area contributed by atoms with Gasteiger partial charge >= 0.3 is 0 Å². The molecule has 1 heterocycles. The first kappa shape index (κ1) is 19.9. The third-order valence-corrected chi connectivity index (χ3v) is 6.91. The zero-order chi connectivity index (χ0) is 20.5. The highest BCUT2D eigenvalue weighted by Crippen LogP contribution is 2.54. The molecule has 4 atom stereocenters. The first-order chi connectivity index (χ1) is 14.0. The molecule has 4 rings (SSSR count). The minimum atomic E-state index is -1.29. The highest BCUT2D eigenvalue weighted by molar-refractivity contribution is 5.44. The summed E-state index contributed by atoms with van der Waals surface area (Å²) >= 11 is 0. The van der Waals surface area contributed by atoms with Crippen LogP contribution in [0.25, 0.3) is 0 Å². The summed E-state index contributed by atoms with van der Waals surface area (Å²) < 4.78 is 5.98. The van der Waals surface area contributed by atoms with Crippen LogP contribution in [0.3, 0.4) is 0 Å². The molecule has 1 aromatic heterocycles.